The number of thiocarbonyl (C=S) groups is 1. The molecule has 1 aliphatic heterocycles. The molecule has 0 aliphatic carbocycles. The minimum atomic E-state index is -0.534. The Morgan fingerprint density at radius 3 is 2.73 bits per heavy atom. The van der Waals surface area contributed by atoms with E-state index in [0.29, 0.717) is 25.5 Å². The standard InChI is InChI=1S/C17H11ClN2O4S2/c1-24-14-6-5-10(7-13(14)20(22)23)8-15-16(21)19(17(25)26-15)12-4-2-3-11(18)9-12/h2-9H,1H3/b15-8+. The van der Waals surface area contributed by atoms with Crippen LogP contribution in [0.25, 0.3) is 6.08 Å². The van der Waals surface area contributed by atoms with Crippen LogP contribution in [0.2, 0.25) is 5.02 Å². The van der Waals surface area contributed by atoms with Gasteiger partial charge in [0.25, 0.3) is 5.91 Å². The van der Waals surface area contributed by atoms with Gasteiger partial charge >= 0.3 is 5.69 Å². The molecule has 1 heterocycles. The first kappa shape index (κ1) is 18.4. The van der Waals surface area contributed by atoms with Crippen molar-refractivity contribution >= 4 is 63.3 Å². The number of ether oxygens (including phenoxy) is 1. The number of halogens is 1. The lowest BCUT2D eigenvalue weighted by molar-refractivity contribution is -0.385. The maximum Gasteiger partial charge on any atom is 0.311 e. The lowest BCUT2D eigenvalue weighted by Gasteiger charge is -2.14. The molecule has 2 aromatic carbocycles. The second-order valence-corrected chi connectivity index (χ2v) is 7.30. The Labute approximate surface area is 163 Å². The fourth-order valence-corrected chi connectivity index (χ4v) is 3.88. The lowest BCUT2D eigenvalue weighted by Crippen LogP contribution is -2.27. The van der Waals surface area contributed by atoms with Gasteiger partial charge in [-0.25, -0.2) is 0 Å². The quantitative estimate of drug-likeness (QED) is 0.318. The van der Waals surface area contributed by atoms with E-state index in [0.717, 1.165) is 11.8 Å². The van der Waals surface area contributed by atoms with Crippen LogP contribution in [-0.2, 0) is 4.79 Å². The van der Waals surface area contributed by atoms with E-state index in [1.165, 1.54) is 24.1 Å². The Morgan fingerprint density at radius 2 is 2.08 bits per heavy atom. The monoisotopic (exact) mass is 406 g/mol. The second kappa shape index (κ2) is 7.45. The predicted molar refractivity (Wildman–Crippen MR) is 107 cm³/mol. The molecule has 0 spiro atoms. The maximum atomic E-state index is 12.7. The number of rotatable bonds is 4. The third-order valence-corrected chi connectivity index (χ3v) is 5.09. The number of hydrogen-bond acceptors (Lipinski definition) is 6. The largest absolute Gasteiger partial charge is 0.490 e. The molecular formula is C17H11ClN2O4S2. The van der Waals surface area contributed by atoms with Crippen LogP contribution in [0.3, 0.4) is 0 Å². The van der Waals surface area contributed by atoms with Crippen molar-refractivity contribution in [3.8, 4) is 5.75 Å². The summed E-state index contributed by atoms with van der Waals surface area (Å²) >= 11 is 12.4. The fourth-order valence-electron chi connectivity index (χ4n) is 2.40. The summed E-state index contributed by atoms with van der Waals surface area (Å²) in [5, 5.41) is 11.6. The minimum Gasteiger partial charge on any atom is -0.490 e. The Bertz CT molecular complexity index is 962. The van der Waals surface area contributed by atoms with E-state index >= 15 is 0 Å². The molecule has 3 rings (SSSR count). The first-order valence-corrected chi connectivity index (χ1v) is 8.87. The number of carbonyl (C=O) groups excluding carboxylic acids is 1. The van der Waals surface area contributed by atoms with Gasteiger partial charge in [0.15, 0.2) is 10.1 Å². The van der Waals surface area contributed by atoms with Gasteiger partial charge in [-0.05, 0) is 35.9 Å². The van der Waals surface area contributed by atoms with Gasteiger partial charge in [0, 0.05) is 11.1 Å². The van der Waals surface area contributed by atoms with Gasteiger partial charge in [-0.2, -0.15) is 0 Å². The predicted octanol–water partition coefficient (Wildman–Crippen LogP) is 4.66. The van der Waals surface area contributed by atoms with E-state index in [9.17, 15) is 14.9 Å². The first-order valence-electron chi connectivity index (χ1n) is 7.26. The molecule has 0 saturated carbocycles. The van der Waals surface area contributed by atoms with Crippen LogP contribution in [0.4, 0.5) is 11.4 Å². The van der Waals surface area contributed by atoms with Crippen molar-refractivity contribution in [2.45, 2.75) is 0 Å². The van der Waals surface area contributed by atoms with E-state index in [-0.39, 0.29) is 17.3 Å². The number of nitro benzene ring substituents is 1. The summed E-state index contributed by atoms with van der Waals surface area (Å²) < 4.78 is 5.35. The average molecular weight is 407 g/mol. The summed E-state index contributed by atoms with van der Waals surface area (Å²) in [5.74, 6) is -0.153. The molecule has 0 N–H and O–H groups in total. The molecule has 9 heteroatoms. The summed E-state index contributed by atoms with van der Waals surface area (Å²) in [7, 11) is 1.36. The summed E-state index contributed by atoms with van der Waals surface area (Å²) in [6.45, 7) is 0. The number of nitro groups is 1. The molecule has 0 atom stereocenters. The Hall–Kier alpha value is -2.42. The third-order valence-electron chi connectivity index (χ3n) is 3.56. The van der Waals surface area contributed by atoms with Crippen molar-refractivity contribution in [1.29, 1.82) is 0 Å². The molecular weight excluding hydrogens is 396 g/mol. The molecule has 0 radical (unpaired) electrons. The Morgan fingerprint density at radius 1 is 1.31 bits per heavy atom. The number of anilines is 1. The Kier molecular flexibility index (Phi) is 5.26. The molecule has 0 bridgehead atoms. The maximum absolute atomic E-state index is 12.7. The molecule has 0 unspecified atom stereocenters. The number of benzene rings is 2. The normalized spacial score (nSPS) is 15.6. The zero-order valence-electron chi connectivity index (χ0n) is 13.3. The zero-order chi connectivity index (χ0) is 18.8. The average Bonchev–Trinajstić information content (AvgIpc) is 2.88. The van der Waals surface area contributed by atoms with Crippen molar-refractivity contribution < 1.29 is 14.5 Å². The minimum absolute atomic E-state index is 0.152. The summed E-state index contributed by atoms with van der Waals surface area (Å²) in [6, 6.07) is 11.3. The molecule has 0 aromatic heterocycles. The third kappa shape index (κ3) is 3.57. The van der Waals surface area contributed by atoms with Crippen molar-refractivity contribution in [3.63, 3.8) is 0 Å². The highest BCUT2D eigenvalue weighted by Gasteiger charge is 2.33. The van der Waals surface area contributed by atoms with Gasteiger partial charge in [0.1, 0.15) is 0 Å². The van der Waals surface area contributed by atoms with Crippen LogP contribution in [0, 0.1) is 10.1 Å². The van der Waals surface area contributed by atoms with E-state index in [4.69, 9.17) is 28.6 Å². The van der Waals surface area contributed by atoms with Crippen molar-refractivity contribution in [2.24, 2.45) is 0 Å². The van der Waals surface area contributed by atoms with Crippen molar-refractivity contribution in [1.82, 2.24) is 0 Å². The highest BCUT2D eigenvalue weighted by molar-refractivity contribution is 8.27. The van der Waals surface area contributed by atoms with Crippen LogP contribution < -0.4 is 9.64 Å². The molecule has 1 saturated heterocycles. The second-order valence-electron chi connectivity index (χ2n) is 5.19. The van der Waals surface area contributed by atoms with Crippen LogP contribution in [0.5, 0.6) is 5.75 Å². The van der Waals surface area contributed by atoms with Crippen LogP contribution >= 0.6 is 35.6 Å². The highest BCUT2D eigenvalue weighted by Crippen LogP contribution is 2.37. The number of amides is 1. The van der Waals surface area contributed by atoms with Crippen molar-refractivity contribution in [2.75, 3.05) is 12.0 Å². The fraction of sp³-hybridized carbons (Fsp3) is 0.0588. The number of thioether (sulfide) groups is 1. The highest BCUT2D eigenvalue weighted by atomic mass is 35.5. The molecule has 1 amide bonds. The Balaban J connectivity index is 1.96. The van der Waals surface area contributed by atoms with Gasteiger partial charge in [-0.3, -0.25) is 19.8 Å². The number of nitrogens with zero attached hydrogens (tertiary/aromatic N) is 2. The molecule has 6 nitrogen and oxygen atoms in total. The first-order chi connectivity index (χ1) is 12.4. The molecule has 2 aromatic rings. The smallest absolute Gasteiger partial charge is 0.311 e. The van der Waals surface area contributed by atoms with Crippen LogP contribution in [0.15, 0.2) is 47.4 Å². The number of methoxy groups -OCH3 is 1. The summed E-state index contributed by atoms with van der Waals surface area (Å²) in [4.78, 5) is 25.1. The van der Waals surface area contributed by atoms with E-state index in [1.807, 2.05) is 0 Å². The lowest BCUT2D eigenvalue weighted by atomic mass is 10.1. The van der Waals surface area contributed by atoms with E-state index in [1.54, 1.807) is 36.4 Å². The molecule has 1 fully saturated rings. The van der Waals surface area contributed by atoms with Gasteiger partial charge in [0.2, 0.25) is 0 Å². The molecule has 1 aliphatic rings. The summed E-state index contributed by atoms with van der Waals surface area (Å²) in [5.41, 5.74) is 0.903. The van der Waals surface area contributed by atoms with Gasteiger partial charge in [0.05, 0.1) is 22.6 Å². The van der Waals surface area contributed by atoms with Gasteiger partial charge in [-0.15, -0.1) is 0 Å². The van der Waals surface area contributed by atoms with E-state index in [2.05, 4.69) is 0 Å². The van der Waals surface area contributed by atoms with Crippen molar-refractivity contribution in [3.05, 3.63) is 68.1 Å². The van der Waals surface area contributed by atoms with Gasteiger partial charge in [-0.1, -0.05) is 47.7 Å². The van der Waals surface area contributed by atoms with Gasteiger partial charge < -0.3 is 4.74 Å². The van der Waals surface area contributed by atoms with Crippen LogP contribution in [0.1, 0.15) is 5.56 Å². The van der Waals surface area contributed by atoms with E-state index < -0.39 is 4.92 Å². The number of hydrogen-bond donors (Lipinski definition) is 0. The summed E-state index contributed by atoms with van der Waals surface area (Å²) in [6.07, 6.45) is 1.57. The van der Waals surface area contributed by atoms with Crippen LogP contribution in [-0.4, -0.2) is 22.3 Å². The zero-order valence-corrected chi connectivity index (χ0v) is 15.7. The SMILES string of the molecule is COc1ccc(/C=C2/SC(=S)N(c3cccc(Cl)c3)C2=O)cc1[N+](=O)[O-]. The topological polar surface area (TPSA) is 72.7 Å². The molecule has 132 valence electrons. The molecule has 26 heavy (non-hydrogen) atoms. The number of carbonyl (C=O) groups is 1.